The maximum absolute atomic E-state index is 13.0. The number of aromatic nitrogens is 2. The Balaban J connectivity index is 1.41. The van der Waals surface area contributed by atoms with E-state index in [0.717, 1.165) is 19.6 Å². The molecule has 39 heavy (non-hydrogen) atoms. The Kier molecular flexibility index (Phi) is 7.39. The highest BCUT2D eigenvalue weighted by atomic mass is 19.4. The lowest BCUT2D eigenvalue weighted by atomic mass is 9.94. The first-order valence-electron chi connectivity index (χ1n) is 12.3. The van der Waals surface area contributed by atoms with E-state index in [1.54, 1.807) is 35.0 Å². The van der Waals surface area contributed by atoms with Gasteiger partial charge in [0.05, 0.1) is 30.7 Å². The van der Waals surface area contributed by atoms with Gasteiger partial charge in [-0.2, -0.15) is 13.2 Å². The van der Waals surface area contributed by atoms with Crippen LogP contribution in [0.25, 0.3) is 16.9 Å². The highest BCUT2D eigenvalue weighted by Gasteiger charge is 2.38. The first kappa shape index (κ1) is 27.1. The number of hydrogen-bond acceptors (Lipinski definition) is 9. The lowest BCUT2D eigenvalue weighted by molar-refractivity contribution is -0.419. The Hall–Kier alpha value is -3.43. The zero-order valence-corrected chi connectivity index (χ0v) is 20.7. The summed E-state index contributed by atoms with van der Waals surface area (Å²) in [5.74, 6) is -0.871. The minimum atomic E-state index is -4.62. The van der Waals surface area contributed by atoms with E-state index >= 15 is 0 Å². The fraction of sp³-hybridized carbons (Fsp3) is 0.440. The van der Waals surface area contributed by atoms with E-state index in [2.05, 4.69) is 9.88 Å². The van der Waals surface area contributed by atoms with Gasteiger partial charge in [0.1, 0.15) is 30.3 Å². The van der Waals surface area contributed by atoms with Crippen molar-refractivity contribution >= 4 is 11.6 Å². The highest BCUT2D eigenvalue weighted by molar-refractivity contribution is 6.00. The van der Waals surface area contributed by atoms with Gasteiger partial charge in [-0.25, -0.2) is 4.98 Å². The van der Waals surface area contributed by atoms with E-state index < -0.39 is 30.5 Å². The molecule has 3 N–H and O–H groups in total. The van der Waals surface area contributed by atoms with E-state index in [1.807, 2.05) is 0 Å². The number of pyridine rings is 1. The minimum Gasteiger partial charge on any atom is -0.492 e. The normalized spacial score (nSPS) is 17.0. The van der Waals surface area contributed by atoms with Crippen LogP contribution in [0.1, 0.15) is 15.9 Å². The number of aliphatic hydroxyl groups is 3. The summed E-state index contributed by atoms with van der Waals surface area (Å²) in [6.45, 7) is 2.69. The van der Waals surface area contributed by atoms with Gasteiger partial charge in [-0.3, -0.25) is 14.1 Å². The van der Waals surface area contributed by atoms with Crippen LogP contribution in [0.4, 0.5) is 13.2 Å². The number of halogens is 3. The van der Waals surface area contributed by atoms with Crippen LogP contribution in [-0.2, 0) is 11.2 Å². The third kappa shape index (κ3) is 6.42. The molecule has 210 valence electrons. The molecule has 0 bridgehead atoms. The maximum Gasteiger partial charge on any atom is 0.453 e. The predicted molar refractivity (Wildman–Crippen MR) is 129 cm³/mol. The molecular formula is C25H27F3N4O7. The molecule has 0 saturated carbocycles. The number of morpholine rings is 1. The number of nitrogens with zero attached hydrogens (tertiary/aromatic N) is 4. The van der Waals surface area contributed by atoms with Crippen molar-refractivity contribution in [3.05, 3.63) is 47.8 Å². The van der Waals surface area contributed by atoms with Crippen LogP contribution in [0, 0.1) is 0 Å². The largest absolute Gasteiger partial charge is 0.492 e. The summed E-state index contributed by atoms with van der Waals surface area (Å²) in [4.78, 5) is 20.1. The molecule has 2 aromatic heterocycles. The molecule has 0 unspecified atom stereocenters. The van der Waals surface area contributed by atoms with Crippen molar-refractivity contribution in [2.75, 3.05) is 52.5 Å². The molecule has 1 fully saturated rings. The number of fused-ring (bicyclic) bond motifs is 2. The van der Waals surface area contributed by atoms with Crippen molar-refractivity contribution < 1.29 is 47.5 Å². The molecule has 2 aliphatic heterocycles. The molecule has 0 atom stereocenters. The fourth-order valence-corrected chi connectivity index (χ4v) is 4.75. The van der Waals surface area contributed by atoms with Crippen LogP contribution >= 0.6 is 0 Å². The molecule has 11 nitrogen and oxygen atoms in total. The van der Waals surface area contributed by atoms with Crippen LogP contribution in [0.5, 0.6) is 11.5 Å². The molecule has 4 heterocycles. The van der Waals surface area contributed by atoms with Gasteiger partial charge < -0.3 is 34.4 Å². The van der Waals surface area contributed by atoms with Crippen LogP contribution in [0.3, 0.4) is 0 Å². The van der Waals surface area contributed by atoms with E-state index in [9.17, 15) is 33.3 Å². The monoisotopic (exact) mass is 552 g/mol. The third-order valence-corrected chi connectivity index (χ3v) is 6.51. The van der Waals surface area contributed by atoms with Crippen LogP contribution in [0.2, 0.25) is 0 Å². The number of carbonyl (C=O) groups is 1. The number of ether oxygens (including phenoxy) is 3. The van der Waals surface area contributed by atoms with Crippen LogP contribution in [0.15, 0.2) is 36.7 Å². The lowest BCUT2D eigenvalue weighted by Crippen LogP contribution is -2.44. The summed E-state index contributed by atoms with van der Waals surface area (Å²) in [5, 5.41) is 28.3. The average Bonchev–Trinajstić information content (AvgIpc) is 3.28. The van der Waals surface area contributed by atoms with Gasteiger partial charge in [0.25, 0.3) is 5.91 Å². The molecule has 0 spiro atoms. The van der Waals surface area contributed by atoms with Gasteiger partial charge in [0.2, 0.25) is 0 Å². The number of imidazole rings is 1. The average molecular weight is 553 g/mol. The zero-order valence-electron chi connectivity index (χ0n) is 20.7. The predicted octanol–water partition coefficient (Wildman–Crippen LogP) is 1.24. The SMILES string of the molecule is O=C1c2c(cc(-c3cnc4cc(OCCN5CCOCC5)ccn34)cc2OC(O)(O)O)CCN1CC(F)(F)F. The molecule has 1 aromatic carbocycles. The second-order valence-electron chi connectivity index (χ2n) is 9.31. The van der Waals surface area contributed by atoms with Crippen LogP contribution in [-0.4, -0.2) is 105 Å². The Morgan fingerprint density at radius 2 is 1.85 bits per heavy atom. The van der Waals surface area contributed by atoms with Gasteiger partial charge in [-0.05, 0) is 30.2 Å². The quantitative estimate of drug-likeness (QED) is 0.354. The molecule has 3 aromatic rings. The number of carbonyl (C=O) groups excluding carboxylic acids is 1. The van der Waals surface area contributed by atoms with Crippen molar-refractivity contribution in [1.82, 2.24) is 19.2 Å². The molecule has 2 aliphatic rings. The first-order chi connectivity index (χ1) is 18.5. The number of hydrogen-bond donors (Lipinski definition) is 3. The van der Waals surface area contributed by atoms with E-state index in [1.165, 1.54) is 6.07 Å². The summed E-state index contributed by atoms with van der Waals surface area (Å²) in [6.07, 6.45) is -4.96. The van der Waals surface area contributed by atoms with Gasteiger partial charge in [0.15, 0.2) is 0 Å². The van der Waals surface area contributed by atoms with Gasteiger partial charge in [-0.1, -0.05) is 0 Å². The van der Waals surface area contributed by atoms with E-state index in [-0.39, 0.29) is 18.5 Å². The summed E-state index contributed by atoms with van der Waals surface area (Å²) in [5.41, 5.74) is 1.54. The van der Waals surface area contributed by atoms with Gasteiger partial charge in [-0.15, -0.1) is 0 Å². The second-order valence-corrected chi connectivity index (χ2v) is 9.31. The summed E-state index contributed by atoms with van der Waals surface area (Å²) >= 11 is 0. The van der Waals surface area contributed by atoms with Crippen molar-refractivity contribution in [3.63, 3.8) is 0 Å². The standard InChI is InChI=1S/C25H27F3N4O7/c26-24(27,28)15-31-3-1-16-11-17(12-20(22(16)23(31)33)39-25(34,35)36)19-14-29-21-13-18(2-4-32(19)21)38-10-7-30-5-8-37-9-6-30/h2,4,11-14,34-36H,1,3,5-10,15H2. The number of rotatable bonds is 8. The lowest BCUT2D eigenvalue weighted by Gasteiger charge is -2.31. The zero-order chi connectivity index (χ0) is 27.8. The van der Waals surface area contributed by atoms with E-state index in [4.69, 9.17) is 14.2 Å². The first-order valence-corrected chi connectivity index (χ1v) is 12.3. The molecule has 5 rings (SSSR count). The van der Waals surface area contributed by atoms with Crippen molar-refractivity contribution in [2.45, 2.75) is 18.8 Å². The van der Waals surface area contributed by atoms with Gasteiger partial charge in [0, 0.05) is 44.0 Å². The summed E-state index contributed by atoms with van der Waals surface area (Å²) in [6, 6.07) is 6.35. The smallest absolute Gasteiger partial charge is 0.453 e. The minimum absolute atomic E-state index is 0.0501. The van der Waals surface area contributed by atoms with Crippen molar-refractivity contribution in [2.24, 2.45) is 0 Å². The number of benzene rings is 1. The topological polar surface area (TPSA) is 129 Å². The molecule has 0 aliphatic carbocycles. The molecule has 14 heteroatoms. The molecular weight excluding hydrogens is 525 g/mol. The Morgan fingerprint density at radius 1 is 1.08 bits per heavy atom. The Bertz CT molecular complexity index is 1350. The van der Waals surface area contributed by atoms with Crippen LogP contribution < -0.4 is 9.47 Å². The summed E-state index contributed by atoms with van der Waals surface area (Å²) in [7, 11) is 0. The van der Waals surface area contributed by atoms with E-state index in [0.29, 0.717) is 52.9 Å². The molecule has 1 amide bonds. The third-order valence-electron chi connectivity index (χ3n) is 6.51. The molecule has 1 saturated heterocycles. The Labute approximate surface area is 220 Å². The fourth-order valence-electron chi connectivity index (χ4n) is 4.75. The van der Waals surface area contributed by atoms with Crippen molar-refractivity contribution in [3.8, 4) is 22.8 Å². The number of alkyl halides is 3. The van der Waals surface area contributed by atoms with Gasteiger partial charge >= 0.3 is 12.3 Å². The maximum atomic E-state index is 13.0. The summed E-state index contributed by atoms with van der Waals surface area (Å²) < 4.78 is 56.6. The Morgan fingerprint density at radius 3 is 2.56 bits per heavy atom. The van der Waals surface area contributed by atoms with Crippen molar-refractivity contribution in [1.29, 1.82) is 0 Å². The number of amides is 1. The molecule has 0 radical (unpaired) electrons. The second kappa shape index (κ2) is 10.6. The highest BCUT2D eigenvalue weighted by Crippen LogP contribution is 2.36.